The van der Waals surface area contributed by atoms with Crippen LogP contribution in [0.2, 0.25) is 0 Å². The summed E-state index contributed by atoms with van der Waals surface area (Å²) in [5.41, 5.74) is 0.695. The summed E-state index contributed by atoms with van der Waals surface area (Å²) in [6.45, 7) is 7.35. The molecular formula is C14H19NO3. The average Bonchev–Trinajstić information content (AvgIpc) is 2.90. The predicted molar refractivity (Wildman–Crippen MR) is 66.5 cm³/mol. The van der Waals surface area contributed by atoms with Gasteiger partial charge in [0.15, 0.2) is 0 Å². The van der Waals surface area contributed by atoms with Crippen LogP contribution < -0.4 is 0 Å². The number of furan rings is 1. The molecule has 0 bridgehead atoms. The molecule has 0 N–H and O–H groups in total. The third kappa shape index (κ3) is 1.85. The van der Waals surface area contributed by atoms with Crippen LogP contribution in [0, 0.1) is 19.8 Å². The molecule has 0 spiro atoms. The van der Waals surface area contributed by atoms with Gasteiger partial charge in [-0.3, -0.25) is 4.79 Å². The largest absolute Gasteiger partial charge is 0.466 e. The molecular weight excluding hydrogens is 230 g/mol. The van der Waals surface area contributed by atoms with Gasteiger partial charge in [-0.15, -0.1) is 0 Å². The topological polar surface area (TPSA) is 42.7 Å². The molecule has 0 aliphatic carbocycles. The van der Waals surface area contributed by atoms with Crippen LogP contribution in [0.4, 0.5) is 0 Å². The van der Waals surface area contributed by atoms with E-state index in [1.165, 1.54) is 0 Å². The van der Waals surface area contributed by atoms with E-state index in [1.54, 1.807) is 0 Å². The molecule has 0 saturated carbocycles. The lowest BCUT2D eigenvalue weighted by molar-refractivity contribution is 0.0443. The van der Waals surface area contributed by atoms with E-state index >= 15 is 0 Å². The fourth-order valence-corrected chi connectivity index (χ4v) is 3.18. The molecule has 1 aromatic rings. The summed E-state index contributed by atoms with van der Waals surface area (Å²) in [6.07, 6.45) is 1.64. The van der Waals surface area contributed by atoms with Crippen molar-refractivity contribution in [2.75, 3.05) is 13.1 Å². The van der Waals surface area contributed by atoms with E-state index in [1.807, 2.05) is 24.8 Å². The van der Waals surface area contributed by atoms with Gasteiger partial charge in [0.05, 0.1) is 17.8 Å². The van der Waals surface area contributed by atoms with Crippen LogP contribution in [-0.4, -0.2) is 36.1 Å². The van der Waals surface area contributed by atoms with Crippen molar-refractivity contribution in [3.05, 3.63) is 23.2 Å². The van der Waals surface area contributed by atoms with Crippen molar-refractivity contribution < 1.29 is 13.9 Å². The van der Waals surface area contributed by atoms with Gasteiger partial charge in [-0.2, -0.15) is 0 Å². The molecule has 1 aromatic heterocycles. The normalized spacial score (nSPS) is 30.8. The van der Waals surface area contributed by atoms with Gasteiger partial charge in [0.25, 0.3) is 5.91 Å². The maximum Gasteiger partial charge on any atom is 0.257 e. The van der Waals surface area contributed by atoms with Crippen molar-refractivity contribution in [3.8, 4) is 0 Å². The quantitative estimate of drug-likeness (QED) is 0.766. The van der Waals surface area contributed by atoms with Crippen molar-refractivity contribution in [2.24, 2.45) is 5.92 Å². The summed E-state index contributed by atoms with van der Waals surface area (Å²) >= 11 is 0. The molecule has 4 heteroatoms. The molecule has 1 amide bonds. The third-order valence-electron chi connectivity index (χ3n) is 3.98. The lowest BCUT2D eigenvalue weighted by Crippen LogP contribution is -2.31. The zero-order valence-electron chi connectivity index (χ0n) is 11.1. The van der Waals surface area contributed by atoms with E-state index < -0.39 is 0 Å². The number of amides is 1. The van der Waals surface area contributed by atoms with Crippen LogP contribution in [-0.2, 0) is 4.74 Å². The van der Waals surface area contributed by atoms with E-state index in [-0.39, 0.29) is 12.0 Å². The van der Waals surface area contributed by atoms with E-state index in [4.69, 9.17) is 9.15 Å². The second kappa shape index (κ2) is 4.12. The first-order valence-corrected chi connectivity index (χ1v) is 6.56. The molecule has 2 aliphatic heterocycles. The second-order valence-electron chi connectivity index (χ2n) is 5.52. The highest BCUT2D eigenvalue weighted by Gasteiger charge is 2.42. The monoisotopic (exact) mass is 249 g/mol. The predicted octanol–water partition coefficient (Wildman–Crippen LogP) is 2.15. The number of fused-ring (bicyclic) bond motifs is 1. The first-order chi connectivity index (χ1) is 8.54. The molecule has 98 valence electrons. The Morgan fingerprint density at radius 3 is 2.78 bits per heavy atom. The van der Waals surface area contributed by atoms with E-state index in [9.17, 15) is 4.79 Å². The SMILES string of the molecule is Cc1cc(C(=O)N2C[C@@H]3C[C@@H](C)O[C@@H]3C2)c(C)o1. The first kappa shape index (κ1) is 11.8. The number of aryl methyl sites for hydroxylation is 2. The highest BCUT2D eigenvalue weighted by atomic mass is 16.5. The summed E-state index contributed by atoms with van der Waals surface area (Å²) in [7, 11) is 0. The highest BCUT2D eigenvalue weighted by Crippen LogP contribution is 2.33. The molecule has 3 atom stereocenters. The molecule has 2 aliphatic rings. The Hall–Kier alpha value is -1.29. The van der Waals surface area contributed by atoms with Crippen LogP contribution in [0.15, 0.2) is 10.5 Å². The van der Waals surface area contributed by atoms with Crippen molar-refractivity contribution in [1.29, 1.82) is 0 Å². The van der Waals surface area contributed by atoms with E-state index in [2.05, 4.69) is 6.92 Å². The van der Waals surface area contributed by atoms with Gasteiger partial charge in [-0.25, -0.2) is 0 Å². The van der Waals surface area contributed by atoms with Crippen LogP contribution in [0.3, 0.4) is 0 Å². The number of hydrogen-bond acceptors (Lipinski definition) is 3. The summed E-state index contributed by atoms with van der Waals surface area (Å²) in [5, 5.41) is 0. The zero-order valence-corrected chi connectivity index (χ0v) is 11.1. The molecule has 2 saturated heterocycles. The molecule has 18 heavy (non-hydrogen) atoms. The summed E-state index contributed by atoms with van der Waals surface area (Å²) in [5.74, 6) is 2.09. The van der Waals surface area contributed by atoms with Crippen molar-refractivity contribution in [2.45, 2.75) is 39.4 Å². The molecule has 4 nitrogen and oxygen atoms in total. The number of carbonyl (C=O) groups is 1. The molecule has 3 heterocycles. The average molecular weight is 249 g/mol. The number of rotatable bonds is 1. The Morgan fingerprint density at radius 2 is 2.17 bits per heavy atom. The second-order valence-corrected chi connectivity index (χ2v) is 5.52. The lowest BCUT2D eigenvalue weighted by Gasteiger charge is -2.17. The number of nitrogens with zero attached hydrogens (tertiary/aromatic N) is 1. The van der Waals surface area contributed by atoms with Gasteiger partial charge < -0.3 is 14.1 Å². The van der Waals surface area contributed by atoms with Gasteiger partial charge in [0.2, 0.25) is 0 Å². The number of hydrogen-bond donors (Lipinski definition) is 0. The Labute approximate surface area is 107 Å². The minimum atomic E-state index is 0.0787. The minimum Gasteiger partial charge on any atom is -0.466 e. The third-order valence-corrected chi connectivity index (χ3v) is 3.98. The Morgan fingerprint density at radius 1 is 1.39 bits per heavy atom. The van der Waals surface area contributed by atoms with E-state index in [0.717, 1.165) is 25.3 Å². The maximum absolute atomic E-state index is 12.4. The van der Waals surface area contributed by atoms with Crippen molar-refractivity contribution in [3.63, 3.8) is 0 Å². The zero-order chi connectivity index (χ0) is 12.9. The number of carbonyl (C=O) groups excluding carboxylic acids is 1. The van der Waals surface area contributed by atoms with Gasteiger partial charge in [0.1, 0.15) is 11.5 Å². The first-order valence-electron chi connectivity index (χ1n) is 6.56. The molecule has 0 aromatic carbocycles. The summed E-state index contributed by atoms with van der Waals surface area (Å²) < 4.78 is 11.2. The number of ether oxygens (including phenoxy) is 1. The van der Waals surface area contributed by atoms with Crippen LogP contribution in [0.5, 0.6) is 0 Å². The smallest absolute Gasteiger partial charge is 0.257 e. The highest BCUT2D eigenvalue weighted by molar-refractivity contribution is 5.95. The van der Waals surface area contributed by atoms with Crippen LogP contribution in [0.1, 0.15) is 35.2 Å². The number of likely N-dealkylation sites (tertiary alicyclic amines) is 1. The Bertz CT molecular complexity index is 465. The molecule has 3 rings (SSSR count). The maximum atomic E-state index is 12.4. The van der Waals surface area contributed by atoms with Crippen LogP contribution in [0.25, 0.3) is 0 Å². The van der Waals surface area contributed by atoms with Crippen molar-refractivity contribution in [1.82, 2.24) is 4.90 Å². The minimum absolute atomic E-state index is 0.0787. The fourth-order valence-electron chi connectivity index (χ4n) is 3.18. The van der Waals surface area contributed by atoms with Crippen LogP contribution >= 0.6 is 0 Å². The summed E-state index contributed by atoms with van der Waals surface area (Å²) in [6, 6.07) is 1.83. The van der Waals surface area contributed by atoms with Crippen molar-refractivity contribution >= 4 is 5.91 Å². The molecule has 0 radical (unpaired) electrons. The standard InChI is InChI=1S/C14H19NO3/c1-8-4-11-6-15(7-13(11)18-8)14(16)12-5-9(2)17-10(12)3/h5,8,11,13H,4,6-7H2,1-3H3/t8-,11+,13-/m1/s1. The van der Waals surface area contributed by atoms with Gasteiger partial charge in [0, 0.05) is 19.0 Å². The Balaban J connectivity index is 1.74. The lowest BCUT2D eigenvalue weighted by atomic mass is 10.0. The molecule has 0 unspecified atom stereocenters. The van der Waals surface area contributed by atoms with Gasteiger partial charge >= 0.3 is 0 Å². The van der Waals surface area contributed by atoms with Gasteiger partial charge in [-0.05, 0) is 33.3 Å². The Kier molecular flexibility index (Phi) is 2.70. The molecule has 2 fully saturated rings. The van der Waals surface area contributed by atoms with E-state index in [0.29, 0.717) is 23.3 Å². The fraction of sp³-hybridized carbons (Fsp3) is 0.643. The summed E-state index contributed by atoms with van der Waals surface area (Å²) in [4.78, 5) is 14.3. The van der Waals surface area contributed by atoms with Gasteiger partial charge in [-0.1, -0.05) is 0 Å².